The molecule has 1 aromatic rings. The van der Waals surface area contributed by atoms with Crippen molar-refractivity contribution >= 4 is 11.8 Å². The van der Waals surface area contributed by atoms with Crippen LogP contribution in [0.3, 0.4) is 0 Å². The van der Waals surface area contributed by atoms with Crippen molar-refractivity contribution in [1.82, 2.24) is 14.5 Å². The summed E-state index contributed by atoms with van der Waals surface area (Å²) >= 11 is 1.77. The van der Waals surface area contributed by atoms with E-state index < -0.39 is 0 Å². The molecule has 0 N–H and O–H groups in total. The average Bonchev–Trinajstić information content (AvgIpc) is 2.46. The maximum Gasteiger partial charge on any atom is 0.123 e. The highest BCUT2D eigenvalue weighted by Crippen LogP contribution is 2.19. The van der Waals surface area contributed by atoms with Gasteiger partial charge < -0.3 is 4.57 Å². The number of rotatable bonds is 1. The van der Waals surface area contributed by atoms with Crippen LogP contribution in [0.5, 0.6) is 0 Å². The van der Waals surface area contributed by atoms with Gasteiger partial charge in [-0.25, -0.2) is 4.98 Å². The van der Waals surface area contributed by atoms with Gasteiger partial charge in [-0.3, -0.25) is 4.90 Å². The fourth-order valence-electron chi connectivity index (χ4n) is 1.52. The molecule has 0 saturated heterocycles. The van der Waals surface area contributed by atoms with Crippen molar-refractivity contribution in [3.63, 3.8) is 0 Å². The summed E-state index contributed by atoms with van der Waals surface area (Å²) in [5.74, 6) is 1.20. The summed E-state index contributed by atoms with van der Waals surface area (Å²) in [6.07, 6.45) is 4.07. The molecule has 2 heterocycles. The van der Waals surface area contributed by atoms with Gasteiger partial charge in [0.1, 0.15) is 5.82 Å². The second kappa shape index (κ2) is 3.11. The fraction of sp³-hybridized carbons (Fsp3) is 0.625. The number of nitrogens with zero attached hydrogens (tertiary/aromatic N) is 3. The van der Waals surface area contributed by atoms with Crippen LogP contribution < -0.4 is 0 Å². The number of likely N-dealkylation sites (N-methyl/N-ethyl adjacent to an activating group) is 1. The number of imidazole rings is 1. The van der Waals surface area contributed by atoms with Crippen molar-refractivity contribution < 1.29 is 0 Å². The molecule has 1 aromatic heterocycles. The second-order valence-electron chi connectivity index (χ2n) is 3.11. The Morgan fingerprint density at radius 3 is 3.08 bits per heavy atom. The predicted octanol–water partition coefficient (Wildman–Crippen LogP) is 1.05. The van der Waals surface area contributed by atoms with Crippen LogP contribution in [0.4, 0.5) is 0 Å². The molecule has 0 aliphatic carbocycles. The van der Waals surface area contributed by atoms with E-state index in [0.717, 1.165) is 19.6 Å². The van der Waals surface area contributed by atoms with Gasteiger partial charge in [-0.1, -0.05) is 0 Å². The molecule has 0 saturated carbocycles. The summed E-state index contributed by atoms with van der Waals surface area (Å²) in [6, 6.07) is 0. The zero-order valence-electron chi connectivity index (χ0n) is 7.45. The number of thioether (sulfide) groups is 1. The van der Waals surface area contributed by atoms with Gasteiger partial charge in [-0.05, 0) is 13.3 Å². The van der Waals surface area contributed by atoms with Gasteiger partial charge in [0, 0.05) is 13.1 Å². The molecule has 0 aromatic carbocycles. The lowest BCUT2D eigenvalue weighted by Gasteiger charge is -2.24. The standard InChI is InChI=1S/C8H13N3S/c1-10-3-4-11-7(6-10)9-5-8(11)12-2/h5H,3-4,6H2,1-2H3. The topological polar surface area (TPSA) is 21.1 Å². The third-order valence-electron chi connectivity index (χ3n) is 2.23. The number of aromatic nitrogens is 2. The lowest BCUT2D eigenvalue weighted by molar-refractivity contribution is 0.259. The zero-order valence-corrected chi connectivity index (χ0v) is 8.27. The Morgan fingerprint density at radius 2 is 2.33 bits per heavy atom. The molecule has 66 valence electrons. The average molecular weight is 183 g/mol. The van der Waals surface area contributed by atoms with Crippen LogP contribution in [0.15, 0.2) is 11.2 Å². The van der Waals surface area contributed by atoms with Crippen molar-refractivity contribution in [3.05, 3.63) is 12.0 Å². The van der Waals surface area contributed by atoms with E-state index in [0.29, 0.717) is 0 Å². The van der Waals surface area contributed by atoms with E-state index in [-0.39, 0.29) is 0 Å². The summed E-state index contributed by atoms with van der Waals surface area (Å²) in [4.78, 5) is 6.68. The molecule has 1 aliphatic rings. The summed E-state index contributed by atoms with van der Waals surface area (Å²) in [5.41, 5.74) is 0. The van der Waals surface area contributed by atoms with Crippen molar-refractivity contribution in [2.45, 2.75) is 18.1 Å². The van der Waals surface area contributed by atoms with E-state index in [2.05, 4.69) is 27.8 Å². The molecule has 0 spiro atoms. The maximum absolute atomic E-state index is 4.38. The van der Waals surface area contributed by atoms with Gasteiger partial charge in [0.25, 0.3) is 0 Å². The third-order valence-corrected chi connectivity index (χ3v) is 2.97. The molecule has 1 aliphatic heterocycles. The molecular weight excluding hydrogens is 170 g/mol. The van der Waals surface area contributed by atoms with Gasteiger partial charge in [0.05, 0.1) is 17.8 Å². The van der Waals surface area contributed by atoms with E-state index >= 15 is 0 Å². The van der Waals surface area contributed by atoms with Gasteiger partial charge in [0.15, 0.2) is 0 Å². The Kier molecular flexibility index (Phi) is 2.11. The normalized spacial score (nSPS) is 17.8. The minimum Gasteiger partial charge on any atom is -0.321 e. The van der Waals surface area contributed by atoms with E-state index in [1.165, 1.54) is 10.9 Å². The lowest BCUT2D eigenvalue weighted by atomic mass is 10.4. The fourth-order valence-corrected chi connectivity index (χ4v) is 2.09. The van der Waals surface area contributed by atoms with Crippen molar-refractivity contribution in [3.8, 4) is 0 Å². The summed E-state index contributed by atoms with van der Waals surface area (Å²) in [5, 5.41) is 1.29. The van der Waals surface area contributed by atoms with E-state index in [4.69, 9.17) is 0 Å². The Morgan fingerprint density at radius 1 is 1.50 bits per heavy atom. The van der Waals surface area contributed by atoms with E-state index in [1.807, 2.05) is 6.20 Å². The highest BCUT2D eigenvalue weighted by Gasteiger charge is 2.15. The monoisotopic (exact) mass is 183 g/mol. The Labute approximate surface area is 76.8 Å². The minimum atomic E-state index is 0.987. The third kappa shape index (κ3) is 1.25. The van der Waals surface area contributed by atoms with Gasteiger partial charge in [0.2, 0.25) is 0 Å². The molecule has 0 radical (unpaired) electrons. The molecule has 0 fully saturated rings. The Balaban J connectivity index is 2.32. The van der Waals surface area contributed by atoms with Crippen LogP contribution in [0.2, 0.25) is 0 Å². The smallest absolute Gasteiger partial charge is 0.123 e. The highest BCUT2D eigenvalue weighted by molar-refractivity contribution is 7.98. The molecular formula is C8H13N3S. The Bertz CT molecular complexity index is 282. The van der Waals surface area contributed by atoms with Crippen LogP contribution in [0.1, 0.15) is 5.82 Å². The van der Waals surface area contributed by atoms with Crippen LogP contribution in [-0.2, 0) is 13.1 Å². The quantitative estimate of drug-likeness (QED) is 0.607. The summed E-state index contributed by atoms with van der Waals surface area (Å²) in [6.45, 7) is 3.21. The van der Waals surface area contributed by atoms with Crippen LogP contribution in [0.25, 0.3) is 0 Å². The zero-order chi connectivity index (χ0) is 8.55. The number of fused-ring (bicyclic) bond motifs is 1. The maximum atomic E-state index is 4.38. The number of hydrogen-bond donors (Lipinski definition) is 0. The molecule has 0 bridgehead atoms. The van der Waals surface area contributed by atoms with E-state index in [1.54, 1.807) is 11.8 Å². The molecule has 12 heavy (non-hydrogen) atoms. The highest BCUT2D eigenvalue weighted by atomic mass is 32.2. The second-order valence-corrected chi connectivity index (χ2v) is 3.93. The molecule has 2 rings (SSSR count). The first-order chi connectivity index (χ1) is 5.81. The van der Waals surface area contributed by atoms with E-state index in [9.17, 15) is 0 Å². The first-order valence-corrected chi connectivity index (χ1v) is 5.30. The van der Waals surface area contributed by atoms with Crippen molar-refractivity contribution in [2.75, 3.05) is 19.8 Å². The SMILES string of the molecule is CSc1cnc2n1CCN(C)C2. The Hall–Kier alpha value is -0.480. The predicted molar refractivity (Wildman–Crippen MR) is 50.3 cm³/mol. The largest absolute Gasteiger partial charge is 0.321 e. The van der Waals surface area contributed by atoms with Crippen molar-refractivity contribution in [2.24, 2.45) is 0 Å². The lowest BCUT2D eigenvalue weighted by Crippen LogP contribution is -2.30. The first kappa shape index (κ1) is 8.13. The first-order valence-electron chi connectivity index (χ1n) is 4.08. The molecule has 0 unspecified atom stereocenters. The van der Waals surface area contributed by atoms with Crippen LogP contribution in [0, 0.1) is 0 Å². The molecule has 0 atom stereocenters. The van der Waals surface area contributed by atoms with Gasteiger partial charge in [-0.15, -0.1) is 11.8 Å². The summed E-state index contributed by atoms with van der Waals surface area (Å²) < 4.78 is 2.31. The van der Waals surface area contributed by atoms with Crippen molar-refractivity contribution in [1.29, 1.82) is 0 Å². The number of hydrogen-bond acceptors (Lipinski definition) is 3. The molecule has 0 amide bonds. The molecule has 4 heteroatoms. The van der Waals surface area contributed by atoms with Crippen LogP contribution >= 0.6 is 11.8 Å². The summed E-state index contributed by atoms with van der Waals surface area (Å²) in [7, 11) is 2.14. The van der Waals surface area contributed by atoms with Gasteiger partial charge >= 0.3 is 0 Å². The minimum absolute atomic E-state index is 0.987. The van der Waals surface area contributed by atoms with Crippen LogP contribution in [-0.4, -0.2) is 34.3 Å². The van der Waals surface area contributed by atoms with Gasteiger partial charge in [-0.2, -0.15) is 0 Å². The molecule has 3 nitrogen and oxygen atoms in total.